The lowest BCUT2D eigenvalue weighted by molar-refractivity contribution is -0.232. The van der Waals surface area contributed by atoms with Gasteiger partial charge < -0.3 is 4.74 Å². The van der Waals surface area contributed by atoms with Gasteiger partial charge in [0.05, 0.1) is 6.54 Å². The first-order valence-corrected chi connectivity index (χ1v) is 5.13. The zero-order valence-corrected chi connectivity index (χ0v) is 9.09. The Morgan fingerprint density at radius 2 is 2.14 bits per heavy atom. The van der Waals surface area contributed by atoms with Crippen molar-refractivity contribution in [3.8, 4) is 0 Å². The van der Waals surface area contributed by atoms with Crippen LogP contribution >= 0.6 is 0 Å². The average molecular weight is 207 g/mol. The number of methoxy groups -OCH3 is 1. The van der Waals surface area contributed by atoms with E-state index in [0.29, 0.717) is 5.92 Å². The van der Waals surface area contributed by atoms with Gasteiger partial charge in [-0.15, -0.1) is 0 Å². The van der Waals surface area contributed by atoms with Gasteiger partial charge in [0.1, 0.15) is 0 Å². The molecule has 0 aromatic heterocycles. The molecule has 0 aromatic carbocycles. The van der Waals surface area contributed by atoms with Crippen LogP contribution in [0.25, 0.3) is 0 Å². The average Bonchev–Trinajstić information content (AvgIpc) is 2.51. The molecule has 1 unspecified atom stereocenters. The molecule has 4 heteroatoms. The van der Waals surface area contributed by atoms with Gasteiger partial charge in [-0.2, -0.15) is 8.78 Å². The zero-order valence-electron chi connectivity index (χ0n) is 9.09. The van der Waals surface area contributed by atoms with Gasteiger partial charge in [0.15, 0.2) is 0 Å². The van der Waals surface area contributed by atoms with E-state index in [0.717, 1.165) is 26.5 Å². The molecule has 0 saturated carbocycles. The molecule has 1 saturated heterocycles. The van der Waals surface area contributed by atoms with Crippen molar-refractivity contribution < 1.29 is 13.5 Å². The first-order chi connectivity index (χ1) is 6.46. The maximum atomic E-state index is 13.0. The van der Waals surface area contributed by atoms with Gasteiger partial charge in [-0.1, -0.05) is 13.8 Å². The summed E-state index contributed by atoms with van der Waals surface area (Å²) in [6.45, 7) is 4.65. The lowest BCUT2D eigenvalue weighted by Gasteiger charge is -2.29. The second-order valence-corrected chi connectivity index (χ2v) is 4.27. The molecule has 14 heavy (non-hydrogen) atoms. The minimum Gasteiger partial charge on any atom is -0.323 e. The van der Waals surface area contributed by atoms with Gasteiger partial charge in [0.2, 0.25) is 0 Å². The number of likely N-dealkylation sites (tertiary alicyclic amines) is 1. The second-order valence-electron chi connectivity index (χ2n) is 4.27. The minimum absolute atomic E-state index is 0.271. The van der Waals surface area contributed by atoms with E-state index >= 15 is 0 Å². The molecule has 0 spiro atoms. The molecule has 84 valence electrons. The van der Waals surface area contributed by atoms with Crippen LogP contribution in [0.5, 0.6) is 0 Å². The van der Waals surface area contributed by atoms with Crippen molar-refractivity contribution in [2.24, 2.45) is 5.92 Å². The summed E-state index contributed by atoms with van der Waals surface area (Å²) in [5.74, 6) is 0.435. The molecule has 1 aliphatic heterocycles. The van der Waals surface area contributed by atoms with E-state index in [4.69, 9.17) is 0 Å². The van der Waals surface area contributed by atoms with Crippen LogP contribution in [0, 0.1) is 5.92 Å². The number of hydrogen-bond donors (Lipinski definition) is 0. The van der Waals surface area contributed by atoms with Crippen LogP contribution in [-0.4, -0.2) is 37.2 Å². The second kappa shape index (κ2) is 4.53. The molecule has 0 aromatic rings. The molecule has 1 aliphatic rings. The quantitative estimate of drug-likeness (QED) is 0.701. The van der Waals surface area contributed by atoms with Gasteiger partial charge in [0.25, 0.3) is 0 Å². The zero-order chi connectivity index (χ0) is 10.8. The number of rotatable bonds is 4. The molecule has 1 atom stereocenters. The van der Waals surface area contributed by atoms with Crippen LogP contribution in [0.2, 0.25) is 0 Å². The molecule has 1 rings (SSSR count). The van der Waals surface area contributed by atoms with Crippen LogP contribution in [-0.2, 0) is 4.74 Å². The Morgan fingerprint density at radius 3 is 2.64 bits per heavy atom. The third-order valence-electron chi connectivity index (χ3n) is 2.87. The lowest BCUT2D eigenvalue weighted by Crippen LogP contribution is -2.42. The van der Waals surface area contributed by atoms with E-state index in [-0.39, 0.29) is 12.6 Å². The van der Waals surface area contributed by atoms with Gasteiger partial charge >= 0.3 is 6.11 Å². The van der Waals surface area contributed by atoms with Crippen molar-refractivity contribution in [3.63, 3.8) is 0 Å². The molecule has 0 radical (unpaired) electrons. The van der Waals surface area contributed by atoms with Crippen LogP contribution in [0.1, 0.15) is 26.7 Å². The van der Waals surface area contributed by atoms with E-state index in [1.807, 2.05) is 4.90 Å². The van der Waals surface area contributed by atoms with Gasteiger partial charge in [-0.25, -0.2) is 0 Å². The molecule has 0 aliphatic carbocycles. The number of halogens is 2. The van der Waals surface area contributed by atoms with Crippen LogP contribution in [0.15, 0.2) is 0 Å². The first kappa shape index (κ1) is 11.9. The Hall–Kier alpha value is -0.220. The van der Waals surface area contributed by atoms with Crippen molar-refractivity contribution in [3.05, 3.63) is 0 Å². The third-order valence-corrected chi connectivity index (χ3v) is 2.87. The fourth-order valence-corrected chi connectivity index (χ4v) is 2.10. The number of hydrogen-bond acceptors (Lipinski definition) is 2. The Balaban J connectivity index is 2.51. The Labute approximate surface area is 84.2 Å². The molecular formula is C10H19F2NO. The fraction of sp³-hybridized carbons (Fsp3) is 1.00. The van der Waals surface area contributed by atoms with E-state index in [1.54, 1.807) is 0 Å². The summed E-state index contributed by atoms with van der Waals surface area (Å²) >= 11 is 0. The summed E-state index contributed by atoms with van der Waals surface area (Å²) in [6.07, 6.45) is -0.961. The number of nitrogens with zero attached hydrogens (tertiary/aromatic N) is 1. The Morgan fingerprint density at radius 1 is 1.50 bits per heavy atom. The molecule has 0 amide bonds. The van der Waals surface area contributed by atoms with Crippen LogP contribution in [0.4, 0.5) is 8.78 Å². The number of ether oxygens (including phenoxy) is 1. The van der Waals surface area contributed by atoms with E-state index in [1.165, 1.54) is 0 Å². The predicted molar refractivity (Wildman–Crippen MR) is 51.4 cm³/mol. The van der Waals surface area contributed by atoms with Gasteiger partial charge in [0, 0.05) is 13.2 Å². The Bertz CT molecular complexity index is 185. The fourth-order valence-electron chi connectivity index (χ4n) is 2.10. The lowest BCUT2D eigenvalue weighted by atomic mass is 10.0. The van der Waals surface area contributed by atoms with Crippen molar-refractivity contribution in [1.29, 1.82) is 0 Å². The summed E-state index contributed by atoms with van der Waals surface area (Å²) in [6, 6.07) is 0.288. The third kappa shape index (κ3) is 2.89. The highest BCUT2D eigenvalue weighted by atomic mass is 19.3. The topological polar surface area (TPSA) is 12.5 Å². The minimum atomic E-state index is -3.00. The van der Waals surface area contributed by atoms with Crippen molar-refractivity contribution in [1.82, 2.24) is 4.90 Å². The van der Waals surface area contributed by atoms with Crippen molar-refractivity contribution in [2.45, 2.75) is 38.8 Å². The monoisotopic (exact) mass is 207 g/mol. The highest BCUT2D eigenvalue weighted by Crippen LogP contribution is 2.27. The van der Waals surface area contributed by atoms with E-state index in [2.05, 4.69) is 18.6 Å². The molecule has 1 fully saturated rings. The standard InChI is InChI=1S/C10H19F2NO/c1-8(2)9-5-4-6-13(9)7-10(11,12)14-3/h8-9H,4-7H2,1-3H3. The maximum Gasteiger partial charge on any atom is 0.368 e. The van der Waals surface area contributed by atoms with Gasteiger partial charge in [-0.05, 0) is 25.3 Å². The van der Waals surface area contributed by atoms with Crippen molar-refractivity contribution in [2.75, 3.05) is 20.2 Å². The summed E-state index contributed by atoms with van der Waals surface area (Å²) in [5.41, 5.74) is 0. The predicted octanol–water partition coefficient (Wildman–Crippen LogP) is 2.35. The summed E-state index contributed by atoms with van der Waals surface area (Å²) < 4.78 is 30.1. The number of alkyl halides is 2. The highest BCUT2D eigenvalue weighted by Gasteiger charge is 2.37. The van der Waals surface area contributed by atoms with E-state index < -0.39 is 6.11 Å². The summed E-state index contributed by atoms with van der Waals surface area (Å²) in [5, 5.41) is 0. The molecule has 2 nitrogen and oxygen atoms in total. The van der Waals surface area contributed by atoms with Crippen molar-refractivity contribution >= 4 is 0 Å². The summed E-state index contributed by atoms with van der Waals surface area (Å²) in [4.78, 5) is 1.84. The van der Waals surface area contributed by atoms with E-state index in [9.17, 15) is 8.78 Å². The highest BCUT2D eigenvalue weighted by molar-refractivity contribution is 4.82. The normalized spacial score (nSPS) is 24.9. The van der Waals surface area contributed by atoms with Gasteiger partial charge in [-0.3, -0.25) is 4.90 Å². The maximum absolute atomic E-state index is 13.0. The molecule has 1 heterocycles. The smallest absolute Gasteiger partial charge is 0.323 e. The van der Waals surface area contributed by atoms with Crippen LogP contribution in [0.3, 0.4) is 0 Å². The molecule has 0 bridgehead atoms. The first-order valence-electron chi connectivity index (χ1n) is 5.13. The molecule has 0 N–H and O–H groups in total. The largest absolute Gasteiger partial charge is 0.368 e. The summed E-state index contributed by atoms with van der Waals surface area (Å²) in [7, 11) is 1.06. The van der Waals surface area contributed by atoms with Crippen LogP contribution < -0.4 is 0 Å². The SMILES string of the molecule is COC(F)(F)CN1CCCC1C(C)C. The Kier molecular flexibility index (Phi) is 3.84. The molecular weight excluding hydrogens is 188 g/mol.